The lowest BCUT2D eigenvalue weighted by molar-refractivity contribution is -0.134. The maximum atomic E-state index is 13.3. The Morgan fingerprint density at radius 1 is 1.35 bits per heavy atom. The molecule has 23 heavy (non-hydrogen) atoms. The normalized spacial score (nSPS) is 16.4. The summed E-state index contributed by atoms with van der Waals surface area (Å²) in [5.41, 5.74) is 1.98. The average molecular weight is 313 g/mol. The van der Waals surface area contributed by atoms with Crippen LogP contribution >= 0.6 is 0 Å². The standard InChI is InChI=1S/C17H16FN3O2/c1-21(10-11-4-6-19-7-5-11)17(23)14-9-16(22)20-15-8-12(18)2-3-13(14)15/h2-8,14H,9-10H2,1H3,(H,20,22). The monoisotopic (exact) mass is 313 g/mol. The van der Waals surface area contributed by atoms with Gasteiger partial charge in [-0.05, 0) is 35.4 Å². The molecule has 1 aliphatic heterocycles. The van der Waals surface area contributed by atoms with Crippen LogP contribution in [0.5, 0.6) is 0 Å². The fourth-order valence-electron chi connectivity index (χ4n) is 2.76. The van der Waals surface area contributed by atoms with Crippen LogP contribution in [0.25, 0.3) is 0 Å². The summed E-state index contributed by atoms with van der Waals surface area (Å²) in [6.45, 7) is 0.427. The molecule has 0 aliphatic carbocycles. The van der Waals surface area contributed by atoms with Crippen molar-refractivity contribution in [3.8, 4) is 0 Å². The van der Waals surface area contributed by atoms with Gasteiger partial charge in [0.05, 0.1) is 5.92 Å². The van der Waals surface area contributed by atoms with Crippen molar-refractivity contribution in [2.75, 3.05) is 12.4 Å². The molecule has 2 amide bonds. The highest BCUT2D eigenvalue weighted by Crippen LogP contribution is 2.34. The Balaban J connectivity index is 1.83. The van der Waals surface area contributed by atoms with Gasteiger partial charge in [0.1, 0.15) is 5.82 Å². The number of carbonyl (C=O) groups excluding carboxylic acids is 2. The van der Waals surface area contributed by atoms with Crippen molar-refractivity contribution in [2.45, 2.75) is 18.9 Å². The van der Waals surface area contributed by atoms with Gasteiger partial charge in [0.2, 0.25) is 11.8 Å². The molecule has 0 saturated carbocycles. The highest BCUT2D eigenvalue weighted by Gasteiger charge is 2.32. The Bertz CT molecular complexity index is 749. The molecule has 1 unspecified atom stereocenters. The van der Waals surface area contributed by atoms with E-state index in [-0.39, 0.29) is 18.2 Å². The first-order valence-electron chi connectivity index (χ1n) is 7.28. The van der Waals surface area contributed by atoms with Gasteiger partial charge >= 0.3 is 0 Å². The van der Waals surface area contributed by atoms with E-state index in [9.17, 15) is 14.0 Å². The molecule has 1 atom stereocenters. The summed E-state index contributed by atoms with van der Waals surface area (Å²) >= 11 is 0. The van der Waals surface area contributed by atoms with Crippen LogP contribution in [0, 0.1) is 5.82 Å². The largest absolute Gasteiger partial charge is 0.341 e. The SMILES string of the molecule is CN(Cc1ccncc1)C(=O)C1CC(=O)Nc2cc(F)ccc21. The molecule has 1 N–H and O–H groups in total. The molecule has 0 radical (unpaired) electrons. The maximum Gasteiger partial charge on any atom is 0.230 e. The van der Waals surface area contributed by atoms with Gasteiger partial charge in [0.15, 0.2) is 0 Å². The Kier molecular flexibility index (Phi) is 4.06. The predicted molar refractivity (Wildman–Crippen MR) is 83.1 cm³/mol. The topological polar surface area (TPSA) is 62.3 Å². The molecule has 0 bridgehead atoms. The van der Waals surface area contributed by atoms with Crippen LogP contribution in [0.15, 0.2) is 42.7 Å². The summed E-state index contributed by atoms with van der Waals surface area (Å²) in [4.78, 5) is 30.1. The molecule has 6 heteroatoms. The van der Waals surface area contributed by atoms with Crippen molar-refractivity contribution in [3.63, 3.8) is 0 Å². The summed E-state index contributed by atoms with van der Waals surface area (Å²) in [7, 11) is 1.69. The minimum atomic E-state index is -0.591. The van der Waals surface area contributed by atoms with Crippen molar-refractivity contribution in [2.24, 2.45) is 0 Å². The zero-order chi connectivity index (χ0) is 16.4. The highest BCUT2D eigenvalue weighted by atomic mass is 19.1. The number of anilines is 1. The summed E-state index contributed by atoms with van der Waals surface area (Å²) in [6, 6.07) is 7.78. The van der Waals surface area contributed by atoms with E-state index in [1.54, 1.807) is 30.4 Å². The van der Waals surface area contributed by atoms with Crippen molar-refractivity contribution in [1.82, 2.24) is 9.88 Å². The van der Waals surface area contributed by atoms with E-state index in [4.69, 9.17) is 0 Å². The number of amides is 2. The van der Waals surface area contributed by atoms with Gasteiger partial charge in [-0.2, -0.15) is 0 Å². The first-order chi connectivity index (χ1) is 11.0. The molecule has 1 aromatic carbocycles. The van der Waals surface area contributed by atoms with Gasteiger partial charge in [-0.3, -0.25) is 14.6 Å². The number of nitrogens with one attached hydrogen (secondary N) is 1. The Morgan fingerprint density at radius 2 is 2.09 bits per heavy atom. The van der Waals surface area contributed by atoms with E-state index in [0.29, 0.717) is 17.8 Å². The van der Waals surface area contributed by atoms with E-state index in [0.717, 1.165) is 5.56 Å². The molecular formula is C17H16FN3O2. The summed E-state index contributed by atoms with van der Waals surface area (Å²) in [6.07, 6.45) is 3.40. The van der Waals surface area contributed by atoms with Crippen LogP contribution < -0.4 is 5.32 Å². The number of likely N-dealkylation sites (N-methyl/N-ethyl adjacent to an activating group) is 1. The highest BCUT2D eigenvalue weighted by molar-refractivity contribution is 6.01. The average Bonchev–Trinajstić information content (AvgIpc) is 2.53. The summed E-state index contributed by atoms with van der Waals surface area (Å²) < 4.78 is 13.3. The van der Waals surface area contributed by atoms with Gasteiger partial charge < -0.3 is 10.2 Å². The number of nitrogens with zero attached hydrogens (tertiary/aromatic N) is 2. The molecular weight excluding hydrogens is 297 g/mol. The zero-order valence-electron chi connectivity index (χ0n) is 12.6. The minimum Gasteiger partial charge on any atom is -0.341 e. The van der Waals surface area contributed by atoms with Crippen LogP contribution in [0.3, 0.4) is 0 Å². The second kappa shape index (κ2) is 6.16. The molecule has 0 saturated heterocycles. The number of hydrogen-bond donors (Lipinski definition) is 1. The number of benzene rings is 1. The first kappa shape index (κ1) is 15.1. The lowest BCUT2D eigenvalue weighted by Gasteiger charge is -2.28. The van der Waals surface area contributed by atoms with Gasteiger partial charge in [-0.1, -0.05) is 6.07 Å². The van der Waals surface area contributed by atoms with Crippen molar-refractivity contribution >= 4 is 17.5 Å². The molecule has 1 aliphatic rings. The van der Waals surface area contributed by atoms with Gasteiger partial charge in [0, 0.05) is 38.1 Å². The molecule has 118 valence electrons. The predicted octanol–water partition coefficient (Wildman–Crippen LogP) is 2.31. The van der Waals surface area contributed by atoms with Gasteiger partial charge in [0.25, 0.3) is 0 Å². The summed E-state index contributed by atoms with van der Waals surface area (Å²) in [5.74, 6) is -1.48. The van der Waals surface area contributed by atoms with Crippen molar-refractivity contribution in [1.29, 1.82) is 0 Å². The van der Waals surface area contributed by atoms with Crippen LogP contribution in [0.1, 0.15) is 23.5 Å². The van der Waals surface area contributed by atoms with Crippen LogP contribution in [-0.2, 0) is 16.1 Å². The molecule has 3 rings (SSSR count). The number of aromatic nitrogens is 1. The quantitative estimate of drug-likeness (QED) is 0.946. The molecule has 0 spiro atoms. The van der Waals surface area contributed by atoms with E-state index in [1.807, 2.05) is 12.1 Å². The third-order valence-electron chi connectivity index (χ3n) is 3.90. The summed E-state index contributed by atoms with van der Waals surface area (Å²) in [5, 5.41) is 2.62. The smallest absolute Gasteiger partial charge is 0.230 e. The van der Waals surface area contributed by atoms with Crippen molar-refractivity contribution < 1.29 is 14.0 Å². The van der Waals surface area contributed by atoms with E-state index in [1.165, 1.54) is 12.1 Å². The number of carbonyl (C=O) groups is 2. The fourth-order valence-corrected chi connectivity index (χ4v) is 2.76. The van der Waals surface area contributed by atoms with Gasteiger partial charge in [-0.25, -0.2) is 4.39 Å². The van der Waals surface area contributed by atoms with E-state index < -0.39 is 11.7 Å². The second-order valence-electron chi connectivity index (χ2n) is 5.59. The third kappa shape index (κ3) is 3.21. The molecule has 5 nitrogen and oxygen atoms in total. The molecule has 2 heterocycles. The van der Waals surface area contributed by atoms with Crippen LogP contribution in [0.4, 0.5) is 10.1 Å². The maximum absolute atomic E-state index is 13.3. The second-order valence-corrected chi connectivity index (χ2v) is 5.59. The fraction of sp³-hybridized carbons (Fsp3) is 0.235. The van der Waals surface area contributed by atoms with E-state index >= 15 is 0 Å². The Morgan fingerprint density at radius 3 is 2.83 bits per heavy atom. The Hall–Kier alpha value is -2.76. The number of hydrogen-bond acceptors (Lipinski definition) is 3. The van der Waals surface area contributed by atoms with Crippen LogP contribution in [-0.4, -0.2) is 28.7 Å². The molecule has 1 aromatic heterocycles. The first-order valence-corrected chi connectivity index (χ1v) is 7.28. The lowest BCUT2D eigenvalue weighted by Crippen LogP contribution is -2.36. The van der Waals surface area contributed by atoms with Crippen LogP contribution in [0.2, 0.25) is 0 Å². The Labute approximate surface area is 133 Å². The van der Waals surface area contributed by atoms with Gasteiger partial charge in [-0.15, -0.1) is 0 Å². The number of pyridine rings is 1. The minimum absolute atomic E-state index is 0.0676. The molecule has 2 aromatic rings. The number of halogens is 1. The van der Waals surface area contributed by atoms with E-state index in [2.05, 4.69) is 10.3 Å². The third-order valence-corrected chi connectivity index (χ3v) is 3.90. The number of fused-ring (bicyclic) bond motifs is 1. The lowest BCUT2D eigenvalue weighted by atomic mass is 9.89. The number of rotatable bonds is 3. The molecule has 0 fully saturated rings. The van der Waals surface area contributed by atoms with Crippen molar-refractivity contribution in [3.05, 3.63) is 59.7 Å². The zero-order valence-corrected chi connectivity index (χ0v) is 12.6.